The van der Waals surface area contributed by atoms with Crippen molar-refractivity contribution in [2.24, 2.45) is 0 Å². The fourth-order valence-corrected chi connectivity index (χ4v) is 1.38. The van der Waals surface area contributed by atoms with E-state index in [4.69, 9.17) is 5.11 Å². The molecule has 1 aromatic heterocycles. The second kappa shape index (κ2) is 6.81. The number of unbranched alkanes of at least 4 members (excludes halogenated alkanes) is 2. The van der Waals surface area contributed by atoms with Crippen molar-refractivity contribution in [2.75, 3.05) is 6.54 Å². The number of hydrogen-bond donors (Lipinski definition) is 2. The summed E-state index contributed by atoms with van der Waals surface area (Å²) >= 11 is 0. The first-order valence-corrected chi connectivity index (χ1v) is 5.15. The number of nitrogens with zero attached hydrogens (tertiary/aromatic N) is 1. The predicted octanol–water partition coefficient (Wildman–Crippen LogP) is 2.06. The van der Waals surface area contributed by atoms with Crippen LogP contribution in [-0.4, -0.2) is 22.7 Å². The summed E-state index contributed by atoms with van der Waals surface area (Å²) in [4.78, 5) is 14.1. The fraction of sp³-hybridized carbons (Fsp3) is 0.455. The van der Waals surface area contributed by atoms with Gasteiger partial charge in [-0.25, -0.2) is 4.79 Å². The smallest absolute Gasteiger partial charge is 0.404 e. The van der Waals surface area contributed by atoms with Crippen molar-refractivity contribution in [3.8, 4) is 0 Å². The number of aromatic nitrogens is 1. The minimum atomic E-state index is -0.941. The molecule has 0 spiro atoms. The second-order valence-corrected chi connectivity index (χ2v) is 3.40. The monoisotopic (exact) mass is 208 g/mol. The van der Waals surface area contributed by atoms with Gasteiger partial charge in [0.25, 0.3) is 0 Å². The predicted molar refractivity (Wildman–Crippen MR) is 57.8 cm³/mol. The van der Waals surface area contributed by atoms with Crippen molar-refractivity contribution in [3.05, 3.63) is 30.1 Å². The topological polar surface area (TPSA) is 62.2 Å². The number of amides is 1. The van der Waals surface area contributed by atoms with Crippen molar-refractivity contribution in [2.45, 2.75) is 25.7 Å². The summed E-state index contributed by atoms with van der Waals surface area (Å²) < 4.78 is 0. The standard InChI is InChI=1S/C11H16N2O2/c14-11(15)13-7-3-1-2-4-10-5-8-12-9-6-10/h5-6,8-9,13H,1-4,7H2,(H,14,15). The largest absolute Gasteiger partial charge is 0.465 e. The third-order valence-corrected chi connectivity index (χ3v) is 2.17. The molecular weight excluding hydrogens is 192 g/mol. The maximum Gasteiger partial charge on any atom is 0.404 e. The molecule has 82 valence electrons. The van der Waals surface area contributed by atoms with E-state index in [0.29, 0.717) is 6.54 Å². The molecule has 0 saturated carbocycles. The van der Waals surface area contributed by atoms with Gasteiger partial charge in [-0.1, -0.05) is 6.42 Å². The van der Waals surface area contributed by atoms with Gasteiger partial charge in [0.05, 0.1) is 0 Å². The molecule has 0 bridgehead atoms. The van der Waals surface area contributed by atoms with Crippen LogP contribution in [0.1, 0.15) is 24.8 Å². The van der Waals surface area contributed by atoms with Crippen molar-refractivity contribution in [1.29, 1.82) is 0 Å². The van der Waals surface area contributed by atoms with E-state index in [0.717, 1.165) is 25.7 Å². The zero-order valence-corrected chi connectivity index (χ0v) is 8.65. The molecule has 0 saturated heterocycles. The van der Waals surface area contributed by atoms with Crippen LogP contribution in [0.15, 0.2) is 24.5 Å². The molecule has 1 heterocycles. The van der Waals surface area contributed by atoms with Gasteiger partial charge in [0.1, 0.15) is 0 Å². The highest BCUT2D eigenvalue weighted by Crippen LogP contribution is 2.04. The first-order valence-electron chi connectivity index (χ1n) is 5.15. The van der Waals surface area contributed by atoms with Crippen molar-refractivity contribution < 1.29 is 9.90 Å². The maximum atomic E-state index is 10.1. The molecular formula is C11H16N2O2. The van der Waals surface area contributed by atoms with Crippen LogP contribution >= 0.6 is 0 Å². The van der Waals surface area contributed by atoms with E-state index in [-0.39, 0.29) is 0 Å². The zero-order valence-electron chi connectivity index (χ0n) is 8.65. The number of nitrogens with one attached hydrogen (secondary N) is 1. The van der Waals surface area contributed by atoms with Crippen LogP contribution in [0.4, 0.5) is 4.79 Å². The molecule has 4 nitrogen and oxygen atoms in total. The van der Waals surface area contributed by atoms with Gasteiger partial charge in [-0.15, -0.1) is 0 Å². The van der Waals surface area contributed by atoms with Crippen molar-refractivity contribution in [3.63, 3.8) is 0 Å². The maximum absolute atomic E-state index is 10.1. The normalized spacial score (nSPS) is 9.87. The quantitative estimate of drug-likeness (QED) is 0.703. The van der Waals surface area contributed by atoms with E-state index in [1.165, 1.54) is 5.56 Å². The van der Waals surface area contributed by atoms with E-state index < -0.39 is 6.09 Å². The van der Waals surface area contributed by atoms with Gasteiger partial charge in [-0.3, -0.25) is 4.98 Å². The van der Waals surface area contributed by atoms with E-state index in [1.54, 1.807) is 12.4 Å². The van der Waals surface area contributed by atoms with Crippen LogP contribution < -0.4 is 5.32 Å². The van der Waals surface area contributed by atoms with E-state index in [1.807, 2.05) is 12.1 Å². The van der Waals surface area contributed by atoms with E-state index in [9.17, 15) is 4.79 Å². The average Bonchev–Trinajstić information content (AvgIpc) is 2.24. The Morgan fingerprint density at radius 3 is 2.67 bits per heavy atom. The van der Waals surface area contributed by atoms with Gasteiger partial charge in [0.15, 0.2) is 0 Å². The van der Waals surface area contributed by atoms with Crippen molar-refractivity contribution in [1.82, 2.24) is 10.3 Å². The van der Waals surface area contributed by atoms with Gasteiger partial charge in [0.2, 0.25) is 0 Å². The summed E-state index contributed by atoms with van der Waals surface area (Å²) in [6.45, 7) is 0.547. The summed E-state index contributed by atoms with van der Waals surface area (Å²) in [5, 5.41) is 10.7. The summed E-state index contributed by atoms with van der Waals surface area (Å²) in [6, 6.07) is 4.02. The van der Waals surface area contributed by atoms with E-state index >= 15 is 0 Å². The lowest BCUT2D eigenvalue weighted by Gasteiger charge is -2.01. The van der Waals surface area contributed by atoms with Gasteiger partial charge in [-0.05, 0) is 37.0 Å². The number of rotatable bonds is 6. The number of hydrogen-bond acceptors (Lipinski definition) is 2. The highest BCUT2D eigenvalue weighted by atomic mass is 16.4. The Balaban J connectivity index is 2.00. The van der Waals surface area contributed by atoms with Gasteiger partial charge >= 0.3 is 6.09 Å². The van der Waals surface area contributed by atoms with E-state index in [2.05, 4.69) is 10.3 Å². The van der Waals surface area contributed by atoms with Crippen molar-refractivity contribution >= 4 is 6.09 Å². The Bertz CT molecular complexity index is 288. The molecule has 0 aromatic carbocycles. The van der Waals surface area contributed by atoms with Crippen LogP contribution in [0.5, 0.6) is 0 Å². The summed E-state index contributed by atoms with van der Waals surface area (Å²) in [7, 11) is 0. The Hall–Kier alpha value is -1.58. The molecule has 0 radical (unpaired) electrons. The van der Waals surface area contributed by atoms with Crippen LogP contribution in [0.25, 0.3) is 0 Å². The van der Waals surface area contributed by atoms with Gasteiger partial charge < -0.3 is 10.4 Å². The number of pyridine rings is 1. The molecule has 1 amide bonds. The van der Waals surface area contributed by atoms with Gasteiger partial charge in [-0.2, -0.15) is 0 Å². The molecule has 0 fully saturated rings. The third-order valence-electron chi connectivity index (χ3n) is 2.17. The first kappa shape index (κ1) is 11.5. The molecule has 1 rings (SSSR count). The number of aryl methyl sites for hydroxylation is 1. The second-order valence-electron chi connectivity index (χ2n) is 3.40. The minimum Gasteiger partial charge on any atom is -0.465 e. The van der Waals surface area contributed by atoms with Crippen LogP contribution in [0.3, 0.4) is 0 Å². The Kier molecular flexibility index (Phi) is 5.22. The van der Waals surface area contributed by atoms with Crippen LogP contribution in [0, 0.1) is 0 Å². The average molecular weight is 208 g/mol. The SMILES string of the molecule is O=C(O)NCCCCCc1ccncc1. The zero-order chi connectivity index (χ0) is 10.9. The molecule has 0 unspecified atom stereocenters. The van der Waals surface area contributed by atoms with Crippen LogP contribution in [0.2, 0.25) is 0 Å². The Morgan fingerprint density at radius 2 is 2.00 bits per heavy atom. The number of carbonyl (C=O) groups is 1. The molecule has 0 aliphatic rings. The lowest BCUT2D eigenvalue weighted by atomic mass is 10.1. The Labute approximate surface area is 89.3 Å². The fourth-order valence-electron chi connectivity index (χ4n) is 1.38. The highest BCUT2D eigenvalue weighted by Gasteiger charge is 1.95. The molecule has 0 aliphatic carbocycles. The minimum absolute atomic E-state index is 0.547. The number of carboxylic acid groups (broad SMARTS) is 1. The molecule has 0 aliphatic heterocycles. The summed E-state index contributed by atoms with van der Waals surface area (Å²) in [5.74, 6) is 0. The molecule has 1 aromatic rings. The molecule has 0 atom stereocenters. The Morgan fingerprint density at radius 1 is 1.27 bits per heavy atom. The summed E-state index contributed by atoms with van der Waals surface area (Å²) in [5.41, 5.74) is 1.29. The lowest BCUT2D eigenvalue weighted by Crippen LogP contribution is -2.21. The molecule has 15 heavy (non-hydrogen) atoms. The van der Waals surface area contributed by atoms with Crippen LogP contribution in [-0.2, 0) is 6.42 Å². The third kappa shape index (κ3) is 5.67. The first-order chi connectivity index (χ1) is 7.29. The van der Waals surface area contributed by atoms with Gasteiger partial charge in [0, 0.05) is 18.9 Å². The highest BCUT2D eigenvalue weighted by molar-refractivity contribution is 5.64. The molecule has 2 N–H and O–H groups in total. The lowest BCUT2D eigenvalue weighted by molar-refractivity contribution is 0.194. The molecule has 4 heteroatoms. The summed E-state index contributed by atoms with van der Waals surface area (Å²) in [6.07, 6.45) is 6.72.